The molecule has 0 saturated heterocycles. The number of methoxy groups -OCH3 is 4. The molecule has 0 aromatic heterocycles. The minimum atomic E-state index is -0.253. The Kier molecular flexibility index (Phi) is 12.1. The van der Waals surface area contributed by atoms with Crippen LogP contribution in [0.2, 0.25) is 0 Å². The van der Waals surface area contributed by atoms with Gasteiger partial charge in [-0.3, -0.25) is 9.59 Å². The molecule has 0 heterocycles. The molecule has 0 N–H and O–H groups in total. The van der Waals surface area contributed by atoms with E-state index in [1.165, 1.54) is 11.1 Å². The highest BCUT2D eigenvalue weighted by Crippen LogP contribution is 2.61. The number of ketones is 2. The summed E-state index contributed by atoms with van der Waals surface area (Å²) in [7, 11) is 6.50. The van der Waals surface area contributed by atoms with Crippen molar-refractivity contribution < 1.29 is 28.5 Å². The molecule has 0 spiro atoms. The Morgan fingerprint density at radius 3 is 1.47 bits per heavy atom. The van der Waals surface area contributed by atoms with Crippen molar-refractivity contribution in [1.29, 1.82) is 0 Å². The highest BCUT2D eigenvalue weighted by Gasteiger charge is 2.52. The molecule has 0 radical (unpaired) electrons. The number of ether oxygens (including phenoxy) is 4. The number of fused-ring (bicyclic) bond motifs is 2. The lowest BCUT2D eigenvalue weighted by Gasteiger charge is -2.49. The maximum atomic E-state index is 13.5. The van der Waals surface area contributed by atoms with Crippen LogP contribution in [0.5, 0.6) is 23.0 Å². The lowest BCUT2D eigenvalue weighted by Crippen LogP contribution is -2.41. The summed E-state index contributed by atoms with van der Waals surface area (Å²) in [6, 6.07) is 7.73. The molecule has 286 valence electrons. The van der Waals surface area contributed by atoms with Gasteiger partial charge in [0.1, 0.15) is 0 Å². The van der Waals surface area contributed by atoms with Gasteiger partial charge in [-0.25, -0.2) is 0 Å². The average Bonchev–Trinajstić information content (AvgIpc) is 3.29. The van der Waals surface area contributed by atoms with E-state index in [-0.39, 0.29) is 45.1 Å². The summed E-state index contributed by atoms with van der Waals surface area (Å²) in [5.74, 6) is 2.45. The first kappa shape index (κ1) is 41.1. The predicted octanol–water partition coefficient (Wildman–Crippen LogP) is 12.1. The third-order valence-electron chi connectivity index (χ3n) is 12.5. The Balaban J connectivity index is 0.000000204. The lowest BCUT2D eigenvalue weighted by atomic mass is 9.54. The number of hydrogen-bond donors (Lipinski definition) is 0. The van der Waals surface area contributed by atoms with Gasteiger partial charge in [0.25, 0.3) is 0 Å². The molecule has 8 heteroatoms. The van der Waals surface area contributed by atoms with Crippen molar-refractivity contribution in [2.24, 2.45) is 21.7 Å². The van der Waals surface area contributed by atoms with E-state index in [0.717, 1.165) is 64.2 Å². The molecule has 2 saturated carbocycles. The zero-order valence-corrected chi connectivity index (χ0v) is 36.5. The van der Waals surface area contributed by atoms with Gasteiger partial charge in [-0.05, 0) is 90.5 Å². The number of carbonyl (C=O) groups excluding carboxylic acids is 2. The third-order valence-corrected chi connectivity index (χ3v) is 13.9. The number of Topliss-reactive ketones (excluding diaryl/α,β-unsaturated/α-hetero) is 1. The summed E-state index contributed by atoms with van der Waals surface area (Å²) in [6.45, 7) is 15.6. The smallest absolute Gasteiger partial charge is 0.166 e. The average molecular weight is 853 g/mol. The monoisotopic (exact) mass is 850 g/mol. The van der Waals surface area contributed by atoms with Crippen LogP contribution in [0.4, 0.5) is 0 Å². The van der Waals surface area contributed by atoms with Crippen molar-refractivity contribution in [2.75, 3.05) is 28.4 Å². The quantitative estimate of drug-likeness (QED) is 0.288. The van der Waals surface area contributed by atoms with Gasteiger partial charge in [0.15, 0.2) is 34.6 Å². The van der Waals surface area contributed by atoms with Crippen LogP contribution in [0.1, 0.15) is 110 Å². The molecule has 2 aromatic carbocycles. The fraction of sp³-hybridized carbons (Fsp3) is 0.511. The molecule has 0 bridgehead atoms. The van der Waals surface area contributed by atoms with Gasteiger partial charge >= 0.3 is 0 Å². The minimum absolute atomic E-state index is 0.0791. The molecule has 53 heavy (non-hydrogen) atoms. The Bertz CT molecular complexity index is 1900. The van der Waals surface area contributed by atoms with E-state index in [0.29, 0.717) is 23.0 Å². The molecular formula is C45H56Br2O6. The number of hydrogen-bond acceptors (Lipinski definition) is 6. The minimum Gasteiger partial charge on any atom is -0.493 e. The number of rotatable bonds is 6. The summed E-state index contributed by atoms with van der Waals surface area (Å²) in [4.78, 5) is 26.7. The molecule has 4 aliphatic carbocycles. The molecule has 6 rings (SSSR count). The van der Waals surface area contributed by atoms with E-state index < -0.39 is 0 Å². The van der Waals surface area contributed by atoms with Crippen LogP contribution in [0.15, 0.2) is 80.3 Å². The SMILES string of the molecule is COc1cc(Br)c([C@@H]2C(=O)C(C)=CC=C3C(C)(C)CCC[C@@]32C)cc1OC.COc1cc(Br)c([C@H]2C(=O)C=CC=C3C(C)(C)CCC[C@]32C)cc1OC. The highest BCUT2D eigenvalue weighted by molar-refractivity contribution is 9.10. The van der Waals surface area contributed by atoms with Crippen molar-refractivity contribution >= 4 is 43.4 Å². The van der Waals surface area contributed by atoms with Crippen molar-refractivity contribution in [2.45, 2.75) is 98.8 Å². The number of halogens is 2. The Labute approximate surface area is 333 Å². The normalized spacial score (nSPS) is 27.3. The van der Waals surface area contributed by atoms with Crippen molar-refractivity contribution in [1.82, 2.24) is 0 Å². The molecule has 2 aromatic rings. The van der Waals surface area contributed by atoms with Crippen LogP contribution in [-0.4, -0.2) is 40.0 Å². The topological polar surface area (TPSA) is 71.1 Å². The van der Waals surface area contributed by atoms with Crippen LogP contribution >= 0.6 is 31.9 Å². The third kappa shape index (κ3) is 7.48. The predicted molar refractivity (Wildman–Crippen MR) is 221 cm³/mol. The van der Waals surface area contributed by atoms with Crippen LogP contribution in [0.3, 0.4) is 0 Å². The molecule has 0 unspecified atom stereocenters. The number of benzene rings is 2. The second kappa shape index (κ2) is 15.6. The zero-order chi connectivity index (χ0) is 39.1. The van der Waals surface area contributed by atoms with Crippen LogP contribution in [0.25, 0.3) is 0 Å². The summed E-state index contributed by atoms with van der Waals surface area (Å²) in [5.41, 5.74) is 5.20. The maximum Gasteiger partial charge on any atom is 0.166 e. The molecule has 6 nitrogen and oxygen atoms in total. The second-order valence-corrected chi connectivity index (χ2v) is 18.5. The summed E-state index contributed by atoms with van der Waals surface area (Å²) in [6.07, 6.45) is 16.6. The summed E-state index contributed by atoms with van der Waals surface area (Å²) in [5, 5.41) is 0. The molecule has 2 fully saturated rings. The molecule has 4 aliphatic rings. The van der Waals surface area contributed by atoms with E-state index in [4.69, 9.17) is 18.9 Å². The highest BCUT2D eigenvalue weighted by atomic mass is 79.9. The Hall–Kier alpha value is -3.10. The van der Waals surface area contributed by atoms with Gasteiger partial charge in [0, 0.05) is 19.8 Å². The second-order valence-electron chi connectivity index (χ2n) is 16.8. The van der Waals surface area contributed by atoms with Gasteiger partial charge in [0.05, 0.1) is 40.3 Å². The molecule has 4 atom stereocenters. The Morgan fingerprint density at radius 1 is 0.585 bits per heavy atom. The lowest BCUT2D eigenvalue weighted by molar-refractivity contribution is -0.120. The van der Waals surface area contributed by atoms with Crippen molar-refractivity contribution in [3.63, 3.8) is 0 Å². The largest absolute Gasteiger partial charge is 0.493 e. The fourth-order valence-electron chi connectivity index (χ4n) is 9.93. The summed E-state index contributed by atoms with van der Waals surface area (Å²) >= 11 is 7.38. The van der Waals surface area contributed by atoms with E-state index >= 15 is 0 Å². The van der Waals surface area contributed by atoms with Crippen LogP contribution < -0.4 is 18.9 Å². The first-order chi connectivity index (χ1) is 24.9. The summed E-state index contributed by atoms with van der Waals surface area (Å²) < 4.78 is 23.7. The van der Waals surface area contributed by atoms with Gasteiger partial charge in [-0.1, -0.05) is 122 Å². The fourth-order valence-corrected chi connectivity index (χ4v) is 11.0. The van der Waals surface area contributed by atoms with Crippen LogP contribution in [-0.2, 0) is 9.59 Å². The van der Waals surface area contributed by atoms with E-state index in [1.54, 1.807) is 34.5 Å². The van der Waals surface area contributed by atoms with Gasteiger partial charge < -0.3 is 18.9 Å². The van der Waals surface area contributed by atoms with Crippen molar-refractivity contribution in [3.05, 3.63) is 91.4 Å². The standard InChI is InChI=1S/C23H29BrO3.C22H27BrO3/c1-14-8-9-19-22(2,3)10-7-11-23(19,4)20(21(14)25)15-12-17(26-5)18(27-6)13-16(15)24;1-21(2)10-7-11-22(3)19(21)9-6-8-16(24)20(22)14-12-17(25-4)18(26-5)13-15(14)23/h8-9,12-13,20H,7,10-11H2,1-6H3;6,8-9,12-13,20H,7,10-11H2,1-5H3/t20-,23+;20-,22+/m10/s1. The van der Waals surface area contributed by atoms with Gasteiger partial charge in [-0.2, -0.15) is 0 Å². The molecular weight excluding hydrogens is 796 g/mol. The molecule has 0 amide bonds. The zero-order valence-electron chi connectivity index (χ0n) is 33.3. The number of carbonyl (C=O) groups is 2. The maximum absolute atomic E-state index is 13.5. The van der Waals surface area contributed by atoms with Gasteiger partial charge in [-0.15, -0.1) is 0 Å². The van der Waals surface area contributed by atoms with E-state index in [9.17, 15) is 9.59 Å². The van der Waals surface area contributed by atoms with Gasteiger partial charge in [0.2, 0.25) is 0 Å². The Morgan fingerprint density at radius 2 is 1.00 bits per heavy atom. The first-order valence-electron chi connectivity index (χ1n) is 18.6. The van der Waals surface area contributed by atoms with Crippen molar-refractivity contribution in [3.8, 4) is 23.0 Å². The van der Waals surface area contributed by atoms with E-state index in [1.807, 2.05) is 43.3 Å². The first-order valence-corrected chi connectivity index (χ1v) is 20.2. The van der Waals surface area contributed by atoms with E-state index in [2.05, 4.69) is 85.6 Å². The molecule has 0 aliphatic heterocycles. The number of allylic oxidation sites excluding steroid dienone is 8. The van der Waals surface area contributed by atoms with Crippen LogP contribution in [0, 0.1) is 21.7 Å².